The highest BCUT2D eigenvalue weighted by atomic mass is 35.5. The molecule has 102 valence electrons. The largest absolute Gasteiger partial charge is 0.444 e. The summed E-state index contributed by atoms with van der Waals surface area (Å²) < 4.78 is 5.51. The number of aromatic nitrogens is 3. The van der Waals surface area contributed by atoms with Crippen LogP contribution in [0.3, 0.4) is 0 Å². The number of fused-ring (bicyclic) bond motifs is 1. The monoisotopic (exact) mass is 288 g/mol. The van der Waals surface area contributed by atoms with Gasteiger partial charge in [-0.1, -0.05) is 11.6 Å². The van der Waals surface area contributed by atoms with E-state index < -0.39 is 0 Å². The highest BCUT2D eigenvalue weighted by Gasteiger charge is 2.13. The normalized spacial score (nSPS) is 12.6. The summed E-state index contributed by atoms with van der Waals surface area (Å²) >= 11 is 5.97. The predicted molar refractivity (Wildman–Crippen MR) is 77.8 cm³/mol. The molecule has 3 rings (SSSR count). The fourth-order valence-corrected chi connectivity index (χ4v) is 2.15. The molecule has 0 unspecified atom stereocenters. The van der Waals surface area contributed by atoms with Gasteiger partial charge in [-0.05, 0) is 32.0 Å². The lowest BCUT2D eigenvalue weighted by Gasteiger charge is -2.12. The number of halogens is 1. The molecule has 0 fully saturated rings. The van der Waals surface area contributed by atoms with Crippen LogP contribution in [0.5, 0.6) is 0 Å². The second kappa shape index (κ2) is 5.09. The Morgan fingerprint density at radius 2 is 2.10 bits per heavy atom. The molecular formula is C14H13ClN4O. The van der Waals surface area contributed by atoms with Crippen molar-refractivity contribution in [3.63, 3.8) is 0 Å². The molecule has 0 saturated heterocycles. The molecule has 1 aromatic carbocycles. The maximum atomic E-state index is 5.97. The van der Waals surface area contributed by atoms with E-state index in [0.29, 0.717) is 10.9 Å². The number of anilines is 1. The molecule has 6 heteroatoms. The number of aryl methyl sites for hydroxylation is 1. The maximum Gasteiger partial charge on any atom is 0.216 e. The lowest BCUT2D eigenvalue weighted by Crippen LogP contribution is -2.08. The van der Waals surface area contributed by atoms with E-state index in [4.69, 9.17) is 16.0 Å². The molecule has 0 bridgehead atoms. The van der Waals surface area contributed by atoms with Gasteiger partial charge in [-0.3, -0.25) is 0 Å². The molecule has 1 atom stereocenters. The SMILES string of the molecule is Cc1cnc([C@H](C)Nc2ncnc3cc(Cl)ccc23)o1. The maximum absolute atomic E-state index is 5.97. The van der Waals surface area contributed by atoms with Gasteiger partial charge >= 0.3 is 0 Å². The van der Waals surface area contributed by atoms with Crippen LogP contribution < -0.4 is 5.32 Å². The molecule has 0 saturated carbocycles. The summed E-state index contributed by atoms with van der Waals surface area (Å²) in [5.74, 6) is 2.14. The minimum absolute atomic E-state index is 0.0857. The Morgan fingerprint density at radius 1 is 1.25 bits per heavy atom. The Kier molecular flexibility index (Phi) is 3.28. The van der Waals surface area contributed by atoms with Gasteiger partial charge in [0.1, 0.15) is 23.9 Å². The topological polar surface area (TPSA) is 63.8 Å². The van der Waals surface area contributed by atoms with Crippen molar-refractivity contribution in [2.24, 2.45) is 0 Å². The molecule has 0 radical (unpaired) electrons. The van der Waals surface area contributed by atoms with E-state index in [1.807, 2.05) is 32.0 Å². The zero-order valence-corrected chi connectivity index (χ0v) is 11.8. The number of nitrogens with zero attached hydrogens (tertiary/aromatic N) is 3. The van der Waals surface area contributed by atoms with Crippen LogP contribution in [0, 0.1) is 6.92 Å². The third kappa shape index (κ3) is 2.44. The van der Waals surface area contributed by atoms with Crippen molar-refractivity contribution in [1.82, 2.24) is 15.0 Å². The van der Waals surface area contributed by atoms with Crippen molar-refractivity contribution in [3.8, 4) is 0 Å². The number of hydrogen-bond acceptors (Lipinski definition) is 5. The Hall–Kier alpha value is -2.14. The third-order valence-corrected chi connectivity index (χ3v) is 3.20. The fourth-order valence-electron chi connectivity index (χ4n) is 1.98. The van der Waals surface area contributed by atoms with Crippen molar-refractivity contribution in [2.75, 3.05) is 5.32 Å². The second-order valence-electron chi connectivity index (χ2n) is 4.56. The van der Waals surface area contributed by atoms with Crippen molar-refractivity contribution in [1.29, 1.82) is 0 Å². The Bertz CT molecular complexity index is 756. The molecule has 5 nitrogen and oxygen atoms in total. The molecule has 2 aromatic heterocycles. The molecule has 1 N–H and O–H groups in total. The van der Waals surface area contributed by atoms with Crippen LogP contribution in [0.4, 0.5) is 5.82 Å². The first kappa shape index (κ1) is 12.9. The lowest BCUT2D eigenvalue weighted by atomic mass is 10.2. The smallest absolute Gasteiger partial charge is 0.216 e. The van der Waals surface area contributed by atoms with Crippen LogP contribution in [0.25, 0.3) is 10.9 Å². The van der Waals surface area contributed by atoms with E-state index in [2.05, 4.69) is 20.3 Å². The summed E-state index contributed by atoms with van der Waals surface area (Å²) in [4.78, 5) is 12.7. The Balaban J connectivity index is 1.94. The quantitative estimate of drug-likeness (QED) is 0.795. The highest BCUT2D eigenvalue weighted by Crippen LogP contribution is 2.25. The molecule has 0 aliphatic rings. The zero-order chi connectivity index (χ0) is 14.1. The van der Waals surface area contributed by atoms with Crippen LogP contribution in [0.15, 0.2) is 35.1 Å². The summed E-state index contributed by atoms with van der Waals surface area (Å²) in [6, 6.07) is 5.44. The number of rotatable bonds is 3. The van der Waals surface area contributed by atoms with E-state index >= 15 is 0 Å². The van der Waals surface area contributed by atoms with Gasteiger partial charge in [-0.15, -0.1) is 0 Å². The Labute approximate surface area is 121 Å². The molecule has 0 aliphatic carbocycles. The highest BCUT2D eigenvalue weighted by molar-refractivity contribution is 6.31. The van der Waals surface area contributed by atoms with Gasteiger partial charge in [0.15, 0.2) is 0 Å². The minimum atomic E-state index is -0.0857. The molecule has 2 heterocycles. The zero-order valence-electron chi connectivity index (χ0n) is 11.1. The van der Waals surface area contributed by atoms with Gasteiger partial charge < -0.3 is 9.73 Å². The van der Waals surface area contributed by atoms with Crippen LogP contribution in [0.1, 0.15) is 24.6 Å². The summed E-state index contributed by atoms with van der Waals surface area (Å²) in [5, 5.41) is 4.84. The van der Waals surface area contributed by atoms with Gasteiger partial charge in [0.25, 0.3) is 0 Å². The lowest BCUT2D eigenvalue weighted by molar-refractivity contribution is 0.453. The van der Waals surface area contributed by atoms with E-state index in [-0.39, 0.29) is 6.04 Å². The van der Waals surface area contributed by atoms with E-state index in [1.54, 1.807) is 6.20 Å². The van der Waals surface area contributed by atoms with Gasteiger partial charge in [0, 0.05) is 10.4 Å². The van der Waals surface area contributed by atoms with E-state index in [9.17, 15) is 0 Å². The average molecular weight is 289 g/mol. The molecular weight excluding hydrogens is 276 g/mol. The number of nitrogens with one attached hydrogen (secondary N) is 1. The van der Waals surface area contributed by atoms with Crippen LogP contribution in [-0.4, -0.2) is 15.0 Å². The summed E-state index contributed by atoms with van der Waals surface area (Å²) in [6.07, 6.45) is 3.21. The first-order valence-corrected chi connectivity index (χ1v) is 6.60. The van der Waals surface area contributed by atoms with Gasteiger partial charge in [0.2, 0.25) is 5.89 Å². The first-order valence-electron chi connectivity index (χ1n) is 6.22. The summed E-state index contributed by atoms with van der Waals surface area (Å²) in [5.41, 5.74) is 0.797. The molecule has 0 spiro atoms. The molecule has 0 amide bonds. The van der Waals surface area contributed by atoms with Gasteiger partial charge in [-0.2, -0.15) is 0 Å². The van der Waals surface area contributed by atoms with Crippen molar-refractivity contribution < 1.29 is 4.42 Å². The summed E-state index contributed by atoms with van der Waals surface area (Å²) in [6.45, 7) is 3.83. The van der Waals surface area contributed by atoms with E-state index in [0.717, 1.165) is 22.5 Å². The standard InChI is InChI=1S/C14H13ClN4O/c1-8-6-16-14(20-8)9(2)19-13-11-4-3-10(15)5-12(11)17-7-18-13/h3-7,9H,1-2H3,(H,17,18,19)/t9-/m0/s1. The van der Waals surface area contributed by atoms with Crippen LogP contribution >= 0.6 is 11.6 Å². The van der Waals surface area contributed by atoms with Crippen LogP contribution in [0.2, 0.25) is 5.02 Å². The van der Waals surface area contributed by atoms with Crippen molar-refractivity contribution >= 4 is 28.3 Å². The second-order valence-corrected chi connectivity index (χ2v) is 5.00. The van der Waals surface area contributed by atoms with Crippen molar-refractivity contribution in [2.45, 2.75) is 19.9 Å². The third-order valence-electron chi connectivity index (χ3n) is 2.96. The molecule has 3 aromatic rings. The predicted octanol–water partition coefficient (Wildman–Crippen LogP) is 3.75. The van der Waals surface area contributed by atoms with Crippen molar-refractivity contribution in [3.05, 3.63) is 47.4 Å². The number of benzene rings is 1. The molecule has 0 aliphatic heterocycles. The fraction of sp³-hybridized carbons (Fsp3) is 0.214. The van der Waals surface area contributed by atoms with Crippen LogP contribution in [-0.2, 0) is 0 Å². The number of oxazole rings is 1. The Morgan fingerprint density at radius 3 is 2.85 bits per heavy atom. The average Bonchev–Trinajstić information content (AvgIpc) is 2.85. The number of hydrogen-bond donors (Lipinski definition) is 1. The summed E-state index contributed by atoms with van der Waals surface area (Å²) in [7, 11) is 0. The van der Waals surface area contributed by atoms with E-state index in [1.165, 1.54) is 6.33 Å². The first-order chi connectivity index (χ1) is 9.63. The molecule has 20 heavy (non-hydrogen) atoms. The van der Waals surface area contributed by atoms with Gasteiger partial charge in [0.05, 0.1) is 11.7 Å². The van der Waals surface area contributed by atoms with Gasteiger partial charge in [-0.25, -0.2) is 15.0 Å². The minimum Gasteiger partial charge on any atom is -0.444 e.